The molecule has 0 bridgehead atoms. The molecule has 2 heterocycles. The molecule has 1 aromatic heterocycles. The van der Waals surface area contributed by atoms with Crippen molar-refractivity contribution in [2.45, 2.75) is 4.90 Å². The Labute approximate surface area is 127 Å². The Morgan fingerprint density at radius 2 is 1.95 bits per heavy atom. The molecule has 1 aromatic carbocycles. The first-order valence-corrected chi connectivity index (χ1v) is 8.25. The molecule has 0 saturated carbocycles. The Bertz CT molecular complexity index is 711. The number of piperazine rings is 1. The van der Waals surface area contributed by atoms with E-state index in [0.717, 1.165) is 0 Å². The van der Waals surface area contributed by atoms with Crippen LogP contribution in [0.1, 0.15) is 0 Å². The Balaban J connectivity index is 1.74. The summed E-state index contributed by atoms with van der Waals surface area (Å²) in [6.07, 6.45) is 1.43. The number of hydrogen-bond donors (Lipinski definition) is 1. The van der Waals surface area contributed by atoms with E-state index in [1.165, 1.54) is 16.7 Å². The number of nitrogens with one attached hydrogen (secondary N) is 1. The van der Waals surface area contributed by atoms with Gasteiger partial charge in [-0.15, -0.1) is 0 Å². The fraction of sp³-hybridized carbons (Fsp3) is 0.333. The first-order valence-electron chi connectivity index (χ1n) is 6.43. The summed E-state index contributed by atoms with van der Waals surface area (Å²) in [7, 11) is -3.50. The van der Waals surface area contributed by atoms with Crippen LogP contribution in [0.2, 0.25) is 5.02 Å². The summed E-state index contributed by atoms with van der Waals surface area (Å²) in [5, 5.41) is 6.99. The van der Waals surface area contributed by atoms with Crippen LogP contribution in [-0.4, -0.2) is 54.1 Å². The van der Waals surface area contributed by atoms with Crippen molar-refractivity contribution in [3.8, 4) is 0 Å². The fourth-order valence-electron chi connectivity index (χ4n) is 2.27. The number of hydrogen-bond acceptors (Lipinski definition) is 5. The highest BCUT2D eigenvalue weighted by Crippen LogP contribution is 2.21. The maximum atomic E-state index is 12.5. The molecule has 0 atom stereocenters. The molecule has 1 aliphatic heterocycles. The number of benzene rings is 1. The van der Waals surface area contributed by atoms with E-state index >= 15 is 0 Å². The molecule has 0 amide bonds. The van der Waals surface area contributed by atoms with E-state index in [1.54, 1.807) is 18.2 Å². The summed E-state index contributed by atoms with van der Waals surface area (Å²) in [4.78, 5) is 6.27. The molecular formula is C12H14ClN5O2S. The topological polar surface area (TPSA) is 82.2 Å². The van der Waals surface area contributed by atoms with Crippen molar-refractivity contribution in [2.75, 3.05) is 31.1 Å². The van der Waals surface area contributed by atoms with Crippen LogP contribution in [-0.2, 0) is 10.0 Å². The molecule has 2 aromatic rings. The molecule has 0 aliphatic carbocycles. The van der Waals surface area contributed by atoms with Crippen molar-refractivity contribution in [3.05, 3.63) is 35.6 Å². The van der Waals surface area contributed by atoms with Crippen LogP contribution in [0.3, 0.4) is 0 Å². The summed E-state index contributed by atoms with van der Waals surface area (Å²) in [5.74, 6) is 0.662. The highest BCUT2D eigenvalue weighted by atomic mass is 35.5. The van der Waals surface area contributed by atoms with Crippen molar-refractivity contribution < 1.29 is 8.42 Å². The summed E-state index contributed by atoms with van der Waals surface area (Å²) in [6.45, 7) is 1.93. The van der Waals surface area contributed by atoms with Gasteiger partial charge < -0.3 is 4.90 Å². The molecule has 1 saturated heterocycles. The lowest BCUT2D eigenvalue weighted by molar-refractivity contribution is 0.382. The number of H-pyrrole nitrogens is 1. The lowest BCUT2D eigenvalue weighted by Crippen LogP contribution is -2.49. The molecular weight excluding hydrogens is 314 g/mol. The molecule has 21 heavy (non-hydrogen) atoms. The van der Waals surface area contributed by atoms with Gasteiger partial charge in [0.2, 0.25) is 16.0 Å². The molecule has 1 aliphatic rings. The maximum Gasteiger partial charge on any atom is 0.243 e. The number of halogens is 1. The lowest BCUT2D eigenvalue weighted by Gasteiger charge is -2.33. The number of sulfonamides is 1. The van der Waals surface area contributed by atoms with E-state index in [1.807, 2.05) is 4.90 Å². The third-order valence-electron chi connectivity index (χ3n) is 3.37. The van der Waals surface area contributed by atoms with Gasteiger partial charge in [-0.1, -0.05) is 17.7 Å². The van der Waals surface area contributed by atoms with Gasteiger partial charge in [-0.05, 0) is 18.2 Å². The average Bonchev–Trinajstić information content (AvgIpc) is 3.02. The van der Waals surface area contributed by atoms with Gasteiger partial charge in [-0.25, -0.2) is 13.5 Å². The van der Waals surface area contributed by atoms with Crippen LogP contribution in [0, 0.1) is 0 Å². The standard InChI is InChI=1S/C12H14ClN5O2S/c13-10-2-1-3-11(8-10)21(19,20)18-6-4-17(5-7-18)12-14-9-15-16-12/h1-3,8-9H,4-7H2,(H,14,15,16). The number of anilines is 1. The van der Waals surface area contributed by atoms with E-state index in [2.05, 4.69) is 15.2 Å². The highest BCUT2D eigenvalue weighted by molar-refractivity contribution is 7.89. The van der Waals surface area contributed by atoms with Gasteiger partial charge in [0.25, 0.3) is 0 Å². The van der Waals surface area contributed by atoms with Crippen LogP contribution in [0.5, 0.6) is 0 Å². The van der Waals surface area contributed by atoms with E-state index in [9.17, 15) is 8.42 Å². The third kappa shape index (κ3) is 2.87. The van der Waals surface area contributed by atoms with Gasteiger partial charge in [-0.2, -0.15) is 14.4 Å². The third-order valence-corrected chi connectivity index (χ3v) is 5.50. The Morgan fingerprint density at radius 1 is 1.19 bits per heavy atom. The summed E-state index contributed by atoms with van der Waals surface area (Å²) in [6, 6.07) is 6.33. The summed E-state index contributed by atoms with van der Waals surface area (Å²) in [5.41, 5.74) is 0. The SMILES string of the molecule is O=S(=O)(c1cccc(Cl)c1)N1CCN(c2ncn[nH]2)CC1. The Kier molecular flexibility index (Phi) is 3.83. The van der Waals surface area contributed by atoms with Crippen molar-refractivity contribution >= 4 is 27.6 Å². The number of nitrogens with zero attached hydrogens (tertiary/aromatic N) is 4. The van der Waals surface area contributed by atoms with Crippen molar-refractivity contribution in [1.29, 1.82) is 0 Å². The summed E-state index contributed by atoms with van der Waals surface area (Å²) < 4.78 is 26.6. The van der Waals surface area contributed by atoms with Gasteiger partial charge in [-0.3, -0.25) is 0 Å². The van der Waals surface area contributed by atoms with E-state index in [0.29, 0.717) is 37.1 Å². The van der Waals surface area contributed by atoms with Crippen LogP contribution in [0.4, 0.5) is 5.95 Å². The smallest absolute Gasteiger partial charge is 0.243 e. The molecule has 1 fully saturated rings. The highest BCUT2D eigenvalue weighted by Gasteiger charge is 2.29. The van der Waals surface area contributed by atoms with Crippen LogP contribution in [0.15, 0.2) is 35.5 Å². The average molecular weight is 328 g/mol. The molecule has 9 heteroatoms. The molecule has 0 spiro atoms. The monoisotopic (exact) mass is 327 g/mol. The normalized spacial score (nSPS) is 17.1. The first kappa shape index (κ1) is 14.3. The molecule has 112 valence electrons. The molecule has 1 N–H and O–H groups in total. The van der Waals surface area contributed by atoms with E-state index in [4.69, 9.17) is 11.6 Å². The second-order valence-corrected chi connectivity index (χ2v) is 7.03. The van der Waals surface area contributed by atoms with Crippen LogP contribution < -0.4 is 4.90 Å². The van der Waals surface area contributed by atoms with Gasteiger partial charge in [0.05, 0.1) is 4.90 Å². The number of rotatable bonds is 3. The summed E-state index contributed by atoms with van der Waals surface area (Å²) >= 11 is 5.87. The lowest BCUT2D eigenvalue weighted by atomic mass is 10.4. The minimum Gasteiger partial charge on any atom is -0.339 e. The molecule has 0 radical (unpaired) electrons. The quantitative estimate of drug-likeness (QED) is 0.908. The van der Waals surface area contributed by atoms with Crippen LogP contribution >= 0.6 is 11.6 Å². The van der Waals surface area contributed by atoms with Gasteiger partial charge in [0, 0.05) is 31.2 Å². The predicted octanol–water partition coefficient (Wildman–Crippen LogP) is 0.969. The second kappa shape index (κ2) is 5.63. The first-order chi connectivity index (χ1) is 10.1. The minimum absolute atomic E-state index is 0.225. The molecule has 0 unspecified atom stereocenters. The van der Waals surface area contributed by atoms with Crippen molar-refractivity contribution in [2.24, 2.45) is 0 Å². The van der Waals surface area contributed by atoms with Crippen LogP contribution in [0.25, 0.3) is 0 Å². The Hall–Kier alpha value is -1.64. The molecule has 7 nitrogen and oxygen atoms in total. The van der Waals surface area contributed by atoms with Gasteiger partial charge in [0.15, 0.2) is 0 Å². The number of aromatic nitrogens is 3. The van der Waals surface area contributed by atoms with Crippen molar-refractivity contribution in [3.63, 3.8) is 0 Å². The van der Waals surface area contributed by atoms with Gasteiger partial charge >= 0.3 is 0 Å². The van der Waals surface area contributed by atoms with Gasteiger partial charge in [0.1, 0.15) is 6.33 Å². The van der Waals surface area contributed by atoms with E-state index < -0.39 is 10.0 Å². The zero-order chi connectivity index (χ0) is 14.9. The largest absolute Gasteiger partial charge is 0.339 e. The maximum absolute atomic E-state index is 12.5. The number of aromatic amines is 1. The zero-order valence-electron chi connectivity index (χ0n) is 11.1. The van der Waals surface area contributed by atoms with Crippen molar-refractivity contribution in [1.82, 2.24) is 19.5 Å². The zero-order valence-corrected chi connectivity index (χ0v) is 12.7. The minimum atomic E-state index is -3.50. The molecule has 3 rings (SSSR count). The second-order valence-electron chi connectivity index (χ2n) is 4.66. The predicted molar refractivity (Wildman–Crippen MR) is 78.8 cm³/mol. The van der Waals surface area contributed by atoms with E-state index in [-0.39, 0.29) is 4.90 Å². The Morgan fingerprint density at radius 3 is 2.57 bits per heavy atom. The fourth-order valence-corrected chi connectivity index (χ4v) is 3.99.